The van der Waals surface area contributed by atoms with Crippen molar-refractivity contribution in [3.05, 3.63) is 48.0 Å². The Bertz CT molecular complexity index is 393. The molecule has 90 valence electrons. The molecule has 0 saturated carbocycles. The van der Waals surface area contributed by atoms with E-state index in [0.29, 0.717) is 0 Å². The molecule has 1 heterocycles. The minimum absolute atomic E-state index is 0.291. The first-order chi connectivity index (χ1) is 8.13. The van der Waals surface area contributed by atoms with Gasteiger partial charge in [-0.15, -0.1) is 0 Å². The van der Waals surface area contributed by atoms with Crippen molar-refractivity contribution in [3.8, 4) is 0 Å². The summed E-state index contributed by atoms with van der Waals surface area (Å²) in [6, 6.07) is 9.70. The van der Waals surface area contributed by atoms with Crippen LogP contribution in [-0.2, 0) is 14.3 Å². The van der Waals surface area contributed by atoms with Crippen LogP contribution in [-0.4, -0.2) is 17.0 Å². The van der Waals surface area contributed by atoms with Gasteiger partial charge < -0.3 is 9.84 Å². The van der Waals surface area contributed by atoms with Crippen molar-refractivity contribution in [3.63, 3.8) is 0 Å². The van der Waals surface area contributed by atoms with Crippen LogP contribution in [0, 0.1) is 0 Å². The van der Waals surface area contributed by atoms with E-state index >= 15 is 0 Å². The summed E-state index contributed by atoms with van der Waals surface area (Å²) in [5, 5.41) is 9.33. The first-order valence-corrected chi connectivity index (χ1v) is 5.30. The number of cyclic esters (lactones) is 2. The molecule has 0 radical (unpaired) electrons. The van der Waals surface area contributed by atoms with E-state index in [1.165, 1.54) is 0 Å². The topological polar surface area (TPSA) is 63.6 Å². The smallest absolute Gasteiger partial charge is 0.338 e. The quantitative estimate of drug-likeness (QED) is 0.625. The van der Waals surface area contributed by atoms with Gasteiger partial charge in [-0.05, 0) is 12.0 Å². The van der Waals surface area contributed by atoms with Crippen LogP contribution >= 0.6 is 0 Å². The molecule has 1 unspecified atom stereocenters. The minimum atomic E-state index is -0.579. The van der Waals surface area contributed by atoms with Gasteiger partial charge in [-0.3, -0.25) is 0 Å². The molecule has 1 aromatic rings. The second-order valence-corrected chi connectivity index (χ2v) is 3.41. The Morgan fingerprint density at radius 3 is 2.00 bits per heavy atom. The van der Waals surface area contributed by atoms with Crippen LogP contribution in [0.1, 0.15) is 25.0 Å². The van der Waals surface area contributed by atoms with E-state index in [-0.39, 0.29) is 6.10 Å². The molecule has 0 saturated heterocycles. The number of benzene rings is 1. The number of hydrogen-bond acceptors (Lipinski definition) is 4. The number of aliphatic hydroxyl groups is 1. The molecule has 0 bridgehead atoms. The maximum absolute atomic E-state index is 9.92. The fourth-order valence-corrected chi connectivity index (χ4v) is 1.21. The van der Waals surface area contributed by atoms with Crippen LogP contribution in [0.2, 0.25) is 0 Å². The molecule has 0 amide bonds. The maximum atomic E-state index is 9.92. The standard InChI is InChI=1S/C9H12O.C4H2O3/c1-2-9(10)8-6-4-3-5-7-8;5-3-1-2-4(6)7-3/h3-7,9-10H,2H2,1H3;1-2H. The van der Waals surface area contributed by atoms with Gasteiger partial charge in [0.25, 0.3) is 0 Å². The molecular formula is C13H14O4. The van der Waals surface area contributed by atoms with Gasteiger partial charge in [0.05, 0.1) is 6.10 Å². The van der Waals surface area contributed by atoms with Crippen LogP contribution < -0.4 is 0 Å². The van der Waals surface area contributed by atoms with Crippen molar-refractivity contribution < 1.29 is 19.4 Å². The highest BCUT2D eigenvalue weighted by atomic mass is 16.6. The molecule has 1 N–H and O–H groups in total. The number of esters is 2. The van der Waals surface area contributed by atoms with Gasteiger partial charge in [0.2, 0.25) is 0 Å². The van der Waals surface area contributed by atoms with Crippen molar-refractivity contribution in [1.82, 2.24) is 0 Å². The monoisotopic (exact) mass is 234 g/mol. The van der Waals surface area contributed by atoms with Crippen LogP contribution in [0.3, 0.4) is 0 Å². The Morgan fingerprint density at radius 1 is 1.12 bits per heavy atom. The second kappa shape index (κ2) is 6.60. The lowest BCUT2D eigenvalue weighted by Crippen LogP contribution is -1.96. The van der Waals surface area contributed by atoms with Crippen LogP contribution in [0.25, 0.3) is 0 Å². The van der Waals surface area contributed by atoms with Gasteiger partial charge in [0.15, 0.2) is 0 Å². The highest BCUT2D eigenvalue weighted by Crippen LogP contribution is 2.14. The lowest BCUT2D eigenvalue weighted by atomic mass is 10.1. The fraction of sp³-hybridized carbons (Fsp3) is 0.231. The maximum Gasteiger partial charge on any atom is 0.338 e. The molecule has 0 fully saturated rings. The highest BCUT2D eigenvalue weighted by molar-refractivity contribution is 6.04. The first kappa shape index (κ1) is 13.1. The predicted octanol–water partition coefficient (Wildman–Crippen LogP) is 1.76. The van der Waals surface area contributed by atoms with Gasteiger partial charge in [-0.25, -0.2) is 9.59 Å². The Labute approximate surface area is 99.5 Å². The molecule has 1 atom stereocenters. The Morgan fingerprint density at radius 2 is 1.65 bits per heavy atom. The highest BCUT2D eigenvalue weighted by Gasteiger charge is 2.10. The van der Waals surface area contributed by atoms with E-state index < -0.39 is 11.9 Å². The van der Waals surface area contributed by atoms with Gasteiger partial charge in [0.1, 0.15) is 0 Å². The second-order valence-electron chi connectivity index (χ2n) is 3.41. The summed E-state index contributed by atoms with van der Waals surface area (Å²) < 4.78 is 3.97. The third-order valence-electron chi connectivity index (χ3n) is 2.13. The van der Waals surface area contributed by atoms with E-state index in [0.717, 1.165) is 24.1 Å². The summed E-state index contributed by atoms with van der Waals surface area (Å²) in [6.07, 6.45) is 2.66. The van der Waals surface area contributed by atoms with Crippen LogP contribution in [0.4, 0.5) is 0 Å². The van der Waals surface area contributed by atoms with E-state index in [2.05, 4.69) is 4.74 Å². The van der Waals surface area contributed by atoms with Gasteiger partial charge in [-0.1, -0.05) is 37.3 Å². The first-order valence-electron chi connectivity index (χ1n) is 5.30. The molecule has 4 heteroatoms. The molecule has 17 heavy (non-hydrogen) atoms. The molecular weight excluding hydrogens is 220 g/mol. The number of carbonyl (C=O) groups excluding carboxylic acids is 2. The van der Waals surface area contributed by atoms with Crippen molar-refractivity contribution in [1.29, 1.82) is 0 Å². The van der Waals surface area contributed by atoms with Crippen molar-refractivity contribution in [2.24, 2.45) is 0 Å². The number of ether oxygens (including phenoxy) is 1. The van der Waals surface area contributed by atoms with Crippen LogP contribution in [0.5, 0.6) is 0 Å². The summed E-state index contributed by atoms with van der Waals surface area (Å²) in [5.74, 6) is -1.16. The fourth-order valence-electron chi connectivity index (χ4n) is 1.21. The summed E-state index contributed by atoms with van der Waals surface area (Å²) in [4.78, 5) is 19.8. The molecule has 1 aliphatic rings. The molecule has 4 nitrogen and oxygen atoms in total. The third-order valence-corrected chi connectivity index (χ3v) is 2.13. The normalized spacial score (nSPS) is 14.9. The average Bonchev–Trinajstić information content (AvgIpc) is 2.74. The third kappa shape index (κ3) is 4.61. The summed E-state index contributed by atoms with van der Waals surface area (Å²) in [7, 11) is 0. The summed E-state index contributed by atoms with van der Waals surface area (Å²) in [6.45, 7) is 1.97. The zero-order valence-electron chi connectivity index (χ0n) is 9.50. The van der Waals surface area contributed by atoms with Crippen molar-refractivity contribution >= 4 is 11.9 Å². The van der Waals surface area contributed by atoms with Gasteiger partial charge >= 0.3 is 11.9 Å². The Balaban J connectivity index is 0.000000181. The Kier molecular flexibility index (Phi) is 5.10. The molecule has 0 aliphatic carbocycles. The van der Waals surface area contributed by atoms with E-state index in [4.69, 9.17) is 0 Å². The zero-order chi connectivity index (χ0) is 12.7. The molecule has 0 spiro atoms. The lowest BCUT2D eigenvalue weighted by molar-refractivity contribution is -0.150. The van der Waals surface area contributed by atoms with E-state index in [1.807, 2.05) is 37.3 Å². The van der Waals surface area contributed by atoms with Gasteiger partial charge in [-0.2, -0.15) is 0 Å². The number of hydrogen-bond donors (Lipinski definition) is 1. The Hall–Kier alpha value is -1.94. The molecule has 0 aromatic heterocycles. The lowest BCUT2D eigenvalue weighted by Gasteiger charge is -2.05. The van der Waals surface area contributed by atoms with Gasteiger partial charge in [0, 0.05) is 12.2 Å². The minimum Gasteiger partial charge on any atom is -0.388 e. The number of carbonyl (C=O) groups is 2. The average molecular weight is 234 g/mol. The van der Waals surface area contributed by atoms with Crippen molar-refractivity contribution in [2.75, 3.05) is 0 Å². The van der Waals surface area contributed by atoms with Crippen LogP contribution in [0.15, 0.2) is 42.5 Å². The molecule has 1 aliphatic heterocycles. The molecule has 1 aromatic carbocycles. The number of aliphatic hydroxyl groups excluding tert-OH is 1. The van der Waals surface area contributed by atoms with E-state index in [9.17, 15) is 14.7 Å². The predicted molar refractivity (Wildman–Crippen MR) is 61.9 cm³/mol. The molecule has 2 rings (SSSR count). The zero-order valence-corrected chi connectivity index (χ0v) is 9.50. The summed E-state index contributed by atoms with van der Waals surface area (Å²) in [5.41, 5.74) is 1.00. The van der Waals surface area contributed by atoms with E-state index in [1.54, 1.807) is 0 Å². The van der Waals surface area contributed by atoms with Crippen molar-refractivity contribution in [2.45, 2.75) is 19.4 Å². The largest absolute Gasteiger partial charge is 0.388 e. The number of rotatable bonds is 2. The SMILES string of the molecule is CCC(O)c1ccccc1.O=C1C=CC(=O)O1. The summed E-state index contributed by atoms with van der Waals surface area (Å²) >= 11 is 0.